The Hall–Kier alpha value is -2.98. The first kappa shape index (κ1) is 23.3. The van der Waals surface area contributed by atoms with Gasteiger partial charge in [-0.2, -0.15) is 0 Å². The van der Waals surface area contributed by atoms with Crippen molar-refractivity contribution in [1.82, 2.24) is 10.0 Å². The van der Waals surface area contributed by atoms with Crippen LogP contribution in [0.3, 0.4) is 0 Å². The number of anilines is 1. The van der Waals surface area contributed by atoms with E-state index >= 15 is 0 Å². The summed E-state index contributed by atoms with van der Waals surface area (Å²) in [6.07, 6.45) is 0. The second-order valence-electron chi connectivity index (χ2n) is 6.80. The number of hydrogen-bond donors (Lipinski definition) is 3. The number of nitrogens with one attached hydrogen (secondary N) is 3. The highest BCUT2D eigenvalue weighted by atomic mass is 32.2. The molecule has 0 heterocycles. The second kappa shape index (κ2) is 10.2. The maximum Gasteiger partial charge on any atom is 0.264 e. The van der Waals surface area contributed by atoms with Crippen molar-refractivity contribution in [2.75, 3.05) is 11.9 Å². The fourth-order valence-electron chi connectivity index (χ4n) is 2.33. The number of sulfonamides is 1. The molecule has 0 aliphatic rings. The first-order valence-electron chi connectivity index (χ1n) is 9.06. The van der Waals surface area contributed by atoms with E-state index in [0.717, 1.165) is 6.92 Å². The number of para-hydroxylation sites is 1. The Balaban J connectivity index is 2.03. The fraction of sp³-hybridized carbons (Fsp3) is 0.250. The van der Waals surface area contributed by atoms with Gasteiger partial charge in [0.25, 0.3) is 15.9 Å². The zero-order chi connectivity index (χ0) is 22.3. The lowest BCUT2D eigenvalue weighted by Crippen LogP contribution is -2.34. The predicted molar refractivity (Wildman–Crippen MR) is 118 cm³/mol. The van der Waals surface area contributed by atoms with Crippen LogP contribution in [0.15, 0.2) is 53.4 Å². The van der Waals surface area contributed by atoms with Gasteiger partial charge in [0, 0.05) is 12.6 Å². The summed E-state index contributed by atoms with van der Waals surface area (Å²) in [6.45, 7) is 5.60. The molecule has 0 atom stereocenters. The van der Waals surface area contributed by atoms with E-state index in [1.165, 1.54) is 24.3 Å². The second-order valence-corrected chi connectivity index (χ2v) is 8.89. The molecule has 30 heavy (non-hydrogen) atoms. The normalized spacial score (nSPS) is 10.9. The number of benzene rings is 2. The maximum absolute atomic E-state index is 12.6. The van der Waals surface area contributed by atoms with Gasteiger partial charge >= 0.3 is 0 Å². The molecule has 0 saturated heterocycles. The number of carbonyl (C=O) groups excluding carboxylic acids is 2. The molecule has 10 heteroatoms. The third-order valence-electron chi connectivity index (χ3n) is 3.63. The van der Waals surface area contributed by atoms with Crippen molar-refractivity contribution in [1.29, 1.82) is 0 Å². The van der Waals surface area contributed by atoms with Crippen LogP contribution in [0, 0.1) is 5.92 Å². The monoisotopic (exact) mass is 449 g/mol. The summed E-state index contributed by atoms with van der Waals surface area (Å²) >= 11 is 5.17. The number of ether oxygens (including phenoxy) is 1. The van der Waals surface area contributed by atoms with Crippen molar-refractivity contribution in [3.63, 3.8) is 0 Å². The van der Waals surface area contributed by atoms with Crippen LogP contribution in [-0.4, -0.2) is 32.0 Å². The quantitative estimate of drug-likeness (QED) is 0.557. The van der Waals surface area contributed by atoms with Crippen LogP contribution in [0.25, 0.3) is 0 Å². The van der Waals surface area contributed by atoms with Gasteiger partial charge in [-0.3, -0.25) is 14.9 Å². The van der Waals surface area contributed by atoms with Crippen LogP contribution in [0.5, 0.6) is 5.75 Å². The lowest BCUT2D eigenvalue weighted by Gasteiger charge is -2.14. The molecule has 0 spiro atoms. The van der Waals surface area contributed by atoms with Crippen molar-refractivity contribution in [2.45, 2.75) is 25.7 Å². The van der Waals surface area contributed by atoms with Gasteiger partial charge in [-0.05, 0) is 54.5 Å². The van der Waals surface area contributed by atoms with Crippen LogP contribution in [0.1, 0.15) is 31.1 Å². The number of carbonyl (C=O) groups is 2. The number of amides is 2. The van der Waals surface area contributed by atoms with Crippen molar-refractivity contribution < 1.29 is 22.7 Å². The molecule has 0 aliphatic carbocycles. The third kappa shape index (κ3) is 6.82. The standard InChI is InChI=1S/C20H23N3O5S2/c1-13(2)12-28-18-7-5-4-6-17(18)19(25)22-20(29)21-15-8-10-16(11-9-15)30(26,27)23-14(3)24/h4-11,13H,12H2,1-3H3,(H,23,24)(H2,21,22,25,29). The molecular formula is C20H23N3O5S2. The Kier molecular flexibility index (Phi) is 7.90. The Morgan fingerprint density at radius 3 is 2.30 bits per heavy atom. The van der Waals surface area contributed by atoms with Crippen LogP contribution in [0.2, 0.25) is 0 Å². The molecule has 2 amide bonds. The SMILES string of the molecule is CC(=O)NS(=O)(=O)c1ccc(NC(=S)NC(=O)c2ccccc2OCC(C)C)cc1. The van der Waals surface area contributed by atoms with Gasteiger partial charge in [0.15, 0.2) is 5.11 Å². The van der Waals surface area contributed by atoms with Crippen molar-refractivity contribution in [2.24, 2.45) is 5.92 Å². The van der Waals surface area contributed by atoms with E-state index < -0.39 is 21.8 Å². The van der Waals surface area contributed by atoms with Crippen LogP contribution < -0.4 is 20.1 Å². The largest absolute Gasteiger partial charge is 0.492 e. The highest BCUT2D eigenvalue weighted by molar-refractivity contribution is 7.90. The molecule has 0 fully saturated rings. The Morgan fingerprint density at radius 1 is 1.07 bits per heavy atom. The van der Waals surface area contributed by atoms with Crippen molar-refractivity contribution >= 4 is 44.9 Å². The van der Waals surface area contributed by atoms with Crippen LogP contribution >= 0.6 is 12.2 Å². The van der Waals surface area contributed by atoms with Gasteiger partial charge in [-0.1, -0.05) is 26.0 Å². The van der Waals surface area contributed by atoms with Gasteiger partial charge in [-0.15, -0.1) is 0 Å². The topological polar surface area (TPSA) is 114 Å². The summed E-state index contributed by atoms with van der Waals surface area (Å²) in [6, 6.07) is 12.4. The summed E-state index contributed by atoms with van der Waals surface area (Å²) in [5, 5.41) is 5.42. The van der Waals surface area contributed by atoms with E-state index in [1.54, 1.807) is 24.3 Å². The molecule has 8 nitrogen and oxygen atoms in total. The molecule has 0 aromatic heterocycles. The summed E-state index contributed by atoms with van der Waals surface area (Å²) < 4.78 is 31.5. The summed E-state index contributed by atoms with van der Waals surface area (Å²) in [5.41, 5.74) is 0.811. The van der Waals surface area contributed by atoms with Gasteiger partial charge in [0.2, 0.25) is 5.91 Å². The van der Waals surface area contributed by atoms with Crippen LogP contribution in [-0.2, 0) is 14.8 Å². The van der Waals surface area contributed by atoms with E-state index in [1.807, 2.05) is 18.6 Å². The van der Waals surface area contributed by atoms with E-state index in [4.69, 9.17) is 17.0 Å². The number of thiocarbonyl (C=S) groups is 1. The summed E-state index contributed by atoms with van der Waals surface area (Å²) in [5.74, 6) is -0.351. The maximum atomic E-state index is 12.6. The zero-order valence-electron chi connectivity index (χ0n) is 16.8. The zero-order valence-corrected chi connectivity index (χ0v) is 18.4. The molecule has 0 aliphatic heterocycles. The molecular weight excluding hydrogens is 426 g/mol. The third-order valence-corrected chi connectivity index (χ3v) is 5.28. The average Bonchev–Trinajstić information content (AvgIpc) is 2.65. The lowest BCUT2D eigenvalue weighted by molar-refractivity contribution is -0.117. The van der Waals surface area contributed by atoms with Crippen LogP contribution in [0.4, 0.5) is 5.69 Å². The Bertz CT molecular complexity index is 1030. The van der Waals surface area contributed by atoms with Crippen molar-refractivity contribution in [3.8, 4) is 5.75 Å². The minimum absolute atomic E-state index is 0.0381. The predicted octanol–water partition coefficient (Wildman–Crippen LogP) is 2.67. The molecule has 2 aromatic carbocycles. The fourth-order valence-corrected chi connectivity index (χ4v) is 3.54. The average molecular weight is 450 g/mol. The van der Waals surface area contributed by atoms with Gasteiger partial charge < -0.3 is 10.1 Å². The molecule has 0 unspecified atom stereocenters. The minimum Gasteiger partial charge on any atom is -0.492 e. The Morgan fingerprint density at radius 2 is 1.70 bits per heavy atom. The first-order chi connectivity index (χ1) is 14.1. The van der Waals surface area contributed by atoms with E-state index in [2.05, 4.69) is 10.6 Å². The highest BCUT2D eigenvalue weighted by Crippen LogP contribution is 2.19. The highest BCUT2D eigenvalue weighted by Gasteiger charge is 2.16. The van der Waals surface area contributed by atoms with E-state index in [0.29, 0.717) is 29.5 Å². The number of rotatable bonds is 7. The van der Waals surface area contributed by atoms with Gasteiger partial charge in [-0.25, -0.2) is 13.1 Å². The summed E-state index contributed by atoms with van der Waals surface area (Å²) in [7, 11) is -3.92. The van der Waals surface area contributed by atoms with E-state index in [9.17, 15) is 18.0 Å². The van der Waals surface area contributed by atoms with Crippen molar-refractivity contribution in [3.05, 3.63) is 54.1 Å². The molecule has 160 valence electrons. The summed E-state index contributed by atoms with van der Waals surface area (Å²) in [4.78, 5) is 23.5. The smallest absolute Gasteiger partial charge is 0.264 e. The molecule has 2 rings (SSSR count). The van der Waals surface area contributed by atoms with E-state index in [-0.39, 0.29) is 10.0 Å². The Labute approximate surface area is 181 Å². The molecule has 2 aromatic rings. The van der Waals surface area contributed by atoms with Gasteiger partial charge in [0.1, 0.15) is 5.75 Å². The first-order valence-corrected chi connectivity index (χ1v) is 10.9. The molecule has 3 N–H and O–H groups in total. The van der Waals surface area contributed by atoms with Gasteiger partial charge in [0.05, 0.1) is 17.1 Å². The molecule has 0 saturated carbocycles. The number of hydrogen-bond acceptors (Lipinski definition) is 6. The molecule has 0 bridgehead atoms. The lowest BCUT2D eigenvalue weighted by atomic mass is 10.2. The molecule has 0 radical (unpaired) electrons. The minimum atomic E-state index is -3.92.